The normalized spacial score (nSPS) is 13.8. The van der Waals surface area contributed by atoms with Gasteiger partial charge in [0.1, 0.15) is 0 Å². The summed E-state index contributed by atoms with van der Waals surface area (Å²) in [6.45, 7) is 4.45. The zero-order valence-electron chi connectivity index (χ0n) is 12.0. The Labute approximate surface area is 122 Å². The highest BCUT2D eigenvalue weighted by Crippen LogP contribution is 2.26. The van der Waals surface area contributed by atoms with E-state index in [9.17, 15) is 13.2 Å². The number of hydrogen-bond donors (Lipinski definition) is 1. The van der Waals surface area contributed by atoms with E-state index in [1.165, 1.54) is 0 Å². The largest absolute Gasteiger partial charge is 0.389 e. The molecule has 0 saturated heterocycles. The number of halogens is 4. The highest BCUT2D eigenvalue weighted by molar-refractivity contribution is 6.31. The average molecular weight is 312 g/mol. The van der Waals surface area contributed by atoms with Gasteiger partial charge in [0.15, 0.2) is 0 Å². The Balaban J connectivity index is 2.77. The van der Waals surface area contributed by atoms with Crippen molar-refractivity contribution in [2.24, 2.45) is 7.05 Å². The summed E-state index contributed by atoms with van der Waals surface area (Å²) in [5, 5.41) is 7.95. The zero-order chi connectivity index (χ0) is 15.3. The van der Waals surface area contributed by atoms with Gasteiger partial charge in [-0.2, -0.15) is 18.3 Å². The molecule has 1 aromatic rings. The molecule has 0 aliphatic carbocycles. The third kappa shape index (κ3) is 4.98. The minimum Gasteiger partial charge on any atom is -0.314 e. The summed E-state index contributed by atoms with van der Waals surface area (Å²) in [7, 11) is 1.77. The van der Waals surface area contributed by atoms with Gasteiger partial charge in [0, 0.05) is 25.9 Å². The molecule has 7 heteroatoms. The van der Waals surface area contributed by atoms with Crippen molar-refractivity contribution >= 4 is 11.6 Å². The van der Waals surface area contributed by atoms with Crippen LogP contribution < -0.4 is 5.32 Å². The summed E-state index contributed by atoms with van der Waals surface area (Å²) in [6.07, 6.45) is -3.72. The third-order valence-corrected chi connectivity index (χ3v) is 3.65. The molecule has 1 unspecified atom stereocenters. The Kier molecular flexibility index (Phi) is 6.33. The molecule has 1 heterocycles. The Morgan fingerprint density at radius 3 is 2.45 bits per heavy atom. The van der Waals surface area contributed by atoms with E-state index in [4.69, 9.17) is 11.6 Å². The van der Waals surface area contributed by atoms with Crippen molar-refractivity contribution < 1.29 is 13.2 Å². The number of nitrogens with zero attached hydrogens (tertiary/aromatic N) is 2. The van der Waals surface area contributed by atoms with Crippen LogP contribution >= 0.6 is 11.6 Å². The van der Waals surface area contributed by atoms with Crippen LogP contribution in [0.25, 0.3) is 0 Å². The van der Waals surface area contributed by atoms with Crippen LogP contribution in [0.15, 0.2) is 0 Å². The number of aromatic nitrogens is 2. The molecule has 0 saturated carbocycles. The topological polar surface area (TPSA) is 29.9 Å². The van der Waals surface area contributed by atoms with Crippen LogP contribution in [0.3, 0.4) is 0 Å². The van der Waals surface area contributed by atoms with E-state index in [-0.39, 0.29) is 12.5 Å². The first-order valence-corrected chi connectivity index (χ1v) is 7.16. The van der Waals surface area contributed by atoms with Crippen LogP contribution in [0.4, 0.5) is 13.2 Å². The molecule has 3 nitrogen and oxygen atoms in total. The van der Waals surface area contributed by atoms with Crippen LogP contribution in [0.5, 0.6) is 0 Å². The van der Waals surface area contributed by atoms with Gasteiger partial charge >= 0.3 is 6.18 Å². The Bertz CT molecular complexity index is 429. The highest BCUT2D eigenvalue weighted by Gasteiger charge is 2.29. The Morgan fingerprint density at radius 2 is 2.00 bits per heavy atom. The lowest BCUT2D eigenvalue weighted by Gasteiger charge is -2.19. The van der Waals surface area contributed by atoms with Crippen LogP contribution in [-0.4, -0.2) is 28.5 Å². The first-order chi connectivity index (χ1) is 9.28. The highest BCUT2D eigenvalue weighted by atomic mass is 35.5. The molecule has 0 aliphatic rings. The fraction of sp³-hybridized carbons (Fsp3) is 0.769. The summed E-state index contributed by atoms with van der Waals surface area (Å²) >= 11 is 6.23. The van der Waals surface area contributed by atoms with Gasteiger partial charge in [0.05, 0.1) is 16.4 Å². The number of nitrogens with one attached hydrogen (secondary N) is 1. The van der Waals surface area contributed by atoms with Crippen molar-refractivity contribution in [1.82, 2.24) is 15.1 Å². The summed E-state index contributed by atoms with van der Waals surface area (Å²) < 4.78 is 38.7. The third-order valence-electron chi connectivity index (χ3n) is 3.21. The molecule has 0 radical (unpaired) electrons. The van der Waals surface area contributed by atoms with Crippen LogP contribution in [-0.2, 0) is 19.9 Å². The van der Waals surface area contributed by atoms with Crippen molar-refractivity contribution in [3.63, 3.8) is 0 Å². The lowest BCUT2D eigenvalue weighted by atomic mass is 10.0. The number of aryl methyl sites for hydroxylation is 2. The predicted molar refractivity (Wildman–Crippen MR) is 74.1 cm³/mol. The first kappa shape index (κ1) is 17.3. The molecule has 20 heavy (non-hydrogen) atoms. The lowest BCUT2D eigenvalue weighted by Crippen LogP contribution is -2.33. The Hall–Kier alpha value is -0.750. The molecule has 0 fully saturated rings. The van der Waals surface area contributed by atoms with Crippen molar-refractivity contribution in [3.8, 4) is 0 Å². The second kappa shape index (κ2) is 7.31. The van der Waals surface area contributed by atoms with Gasteiger partial charge < -0.3 is 5.32 Å². The van der Waals surface area contributed by atoms with Crippen LogP contribution in [0.1, 0.15) is 38.1 Å². The van der Waals surface area contributed by atoms with Crippen LogP contribution in [0, 0.1) is 0 Å². The fourth-order valence-electron chi connectivity index (χ4n) is 2.18. The van der Waals surface area contributed by atoms with Gasteiger partial charge in [0.25, 0.3) is 0 Å². The predicted octanol–water partition coefficient (Wildman–Crippen LogP) is 3.50. The molecule has 1 aromatic heterocycles. The second-order valence-corrected chi connectivity index (χ2v) is 5.18. The van der Waals surface area contributed by atoms with Crippen molar-refractivity contribution in [2.75, 3.05) is 6.54 Å². The second-order valence-electron chi connectivity index (χ2n) is 4.80. The molecule has 0 aromatic carbocycles. The summed E-state index contributed by atoms with van der Waals surface area (Å²) in [5.74, 6) is 0. The molecule has 0 aliphatic heterocycles. The molecule has 1 N–H and O–H groups in total. The first-order valence-electron chi connectivity index (χ1n) is 6.78. The van der Waals surface area contributed by atoms with Gasteiger partial charge in [-0.15, -0.1) is 0 Å². The quantitative estimate of drug-likeness (QED) is 0.835. The van der Waals surface area contributed by atoms with E-state index in [0.717, 1.165) is 11.4 Å². The van der Waals surface area contributed by atoms with E-state index >= 15 is 0 Å². The number of rotatable bonds is 7. The minimum atomic E-state index is -4.13. The SMILES string of the molecule is CCNC(CCC(F)(F)F)Cc1c(Cl)c(CC)nn1C. The monoisotopic (exact) mass is 311 g/mol. The molecular formula is C13H21ClF3N3. The van der Waals surface area contributed by atoms with E-state index < -0.39 is 12.6 Å². The molecule has 116 valence electrons. The maximum absolute atomic E-state index is 12.3. The van der Waals surface area contributed by atoms with Crippen molar-refractivity contribution in [1.29, 1.82) is 0 Å². The van der Waals surface area contributed by atoms with E-state index in [2.05, 4.69) is 10.4 Å². The van der Waals surface area contributed by atoms with E-state index in [1.54, 1.807) is 11.7 Å². The minimum absolute atomic E-state index is 0.0420. The average Bonchev–Trinajstić information content (AvgIpc) is 2.62. The van der Waals surface area contributed by atoms with Gasteiger partial charge in [-0.3, -0.25) is 4.68 Å². The summed E-state index contributed by atoms with van der Waals surface area (Å²) in [4.78, 5) is 0. The fourth-order valence-corrected chi connectivity index (χ4v) is 2.55. The van der Waals surface area contributed by atoms with Crippen molar-refractivity contribution in [3.05, 3.63) is 16.4 Å². The van der Waals surface area contributed by atoms with Gasteiger partial charge in [-0.1, -0.05) is 25.4 Å². The lowest BCUT2D eigenvalue weighted by molar-refractivity contribution is -0.136. The van der Waals surface area contributed by atoms with Gasteiger partial charge in [0.2, 0.25) is 0 Å². The van der Waals surface area contributed by atoms with Crippen molar-refractivity contribution in [2.45, 2.75) is 51.7 Å². The molecular weight excluding hydrogens is 291 g/mol. The van der Waals surface area contributed by atoms with Gasteiger partial charge in [-0.25, -0.2) is 0 Å². The van der Waals surface area contributed by atoms with Crippen LogP contribution in [0.2, 0.25) is 5.02 Å². The number of alkyl halides is 3. The summed E-state index contributed by atoms with van der Waals surface area (Å²) in [5.41, 5.74) is 1.58. The smallest absolute Gasteiger partial charge is 0.314 e. The maximum Gasteiger partial charge on any atom is 0.389 e. The number of likely N-dealkylation sites (N-methyl/N-ethyl adjacent to an activating group) is 1. The summed E-state index contributed by atoms with van der Waals surface area (Å²) in [6, 6.07) is -0.251. The zero-order valence-corrected chi connectivity index (χ0v) is 12.8. The maximum atomic E-state index is 12.3. The Morgan fingerprint density at radius 1 is 1.35 bits per heavy atom. The van der Waals surface area contributed by atoms with E-state index in [1.807, 2.05) is 13.8 Å². The molecule has 1 rings (SSSR count). The number of hydrogen-bond acceptors (Lipinski definition) is 2. The molecule has 0 spiro atoms. The standard InChI is InChI=1S/C13H21ClF3N3/c1-4-10-12(14)11(20(3)19-10)8-9(18-5-2)6-7-13(15,16)17/h9,18H,4-8H2,1-3H3. The molecule has 1 atom stereocenters. The molecule has 0 bridgehead atoms. The van der Waals surface area contributed by atoms with E-state index in [0.29, 0.717) is 24.4 Å². The molecule has 0 amide bonds. The van der Waals surface area contributed by atoms with Gasteiger partial charge in [-0.05, 0) is 19.4 Å².